The molecule has 0 unspecified atom stereocenters. The van der Waals surface area contributed by atoms with Gasteiger partial charge in [-0.05, 0) is 0 Å². The largest absolute Gasteiger partial charge is 0.477 e. The zero-order valence-corrected chi connectivity index (χ0v) is 19.0. The Morgan fingerprint density at radius 2 is 1.72 bits per heavy atom. The smallest absolute Gasteiger partial charge is 0.373 e. The first-order valence-corrected chi connectivity index (χ1v) is 9.89. The fraction of sp³-hybridized carbons (Fsp3) is 0.632. The summed E-state index contributed by atoms with van der Waals surface area (Å²) in [5.74, 6) is -5.02. The Labute approximate surface area is 189 Å². The zero-order chi connectivity index (χ0) is 24.6. The predicted octanol–water partition coefficient (Wildman–Crippen LogP) is -0.657. The molecule has 32 heavy (non-hydrogen) atoms. The molecular weight excluding hydrogens is 454 g/mol. The van der Waals surface area contributed by atoms with Crippen molar-refractivity contribution in [2.24, 2.45) is 0 Å². The number of carbonyl (C=O) groups excluding carboxylic acids is 5. The van der Waals surface area contributed by atoms with E-state index in [0.717, 1.165) is 40.9 Å². The lowest BCUT2D eigenvalue weighted by Gasteiger charge is -2.45. The van der Waals surface area contributed by atoms with Gasteiger partial charge in [0.2, 0.25) is 11.7 Å². The molecule has 0 aromatic carbocycles. The van der Waals surface area contributed by atoms with Crippen molar-refractivity contribution in [1.29, 1.82) is 0 Å². The Morgan fingerprint density at radius 3 is 2.16 bits per heavy atom. The van der Waals surface area contributed by atoms with Crippen molar-refractivity contribution in [3.63, 3.8) is 0 Å². The van der Waals surface area contributed by atoms with Gasteiger partial charge in [0.25, 0.3) is 0 Å². The highest BCUT2D eigenvalue weighted by Crippen LogP contribution is 2.33. The summed E-state index contributed by atoms with van der Waals surface area (Å²) in [5.41, 5.74) is -2.07. The number of rotatable bonds is 9. The van der Waals surface area contributed by atoms with Crippen molar-refractivity contribution < 1.29 is 52.8 Å². The topological polar surface area (TPSA) is 164 Å². The number of hydrogen-bond donors (Lipinski definition) is 2. The van der Waals surface area contributed by atoms with Crippen LogP contribution in [0.3, 0.4) is 0 Å². The molecule has 0 saturated carbocycles. The van der Waals surface area contributed by atoms with Crippen LogP contribution in [-0.4, -0.2) is 84.4 Å². The third kappa shape index (κ3) is 7.38. The third-order valence-corrected chi connectivity index (χ3v) is 4.66. The lowest BCUT2D eigenvalue weighted by molar-refractivity contribution is -0.193. The predicted molar refractivity (Wildman–Crippen MR) is 106 cm³/mol. The second-order valence-corrected chi connectivity index (χ2v) is 7.18. The lowest BCUT2D eigenvalue weighted by atomic mass is 9.84. The molecule has 12 nitrogen and oxygen atoms in total. The Bertz CT molecular complexity index is 783. The number of carbonyl (C=O) groups is 5. The molecule has 0 saturated heterocycles. The standard InChI is InChI=1S/C19H26ClNO11/c1-9(22)21-17-16(32-13(18(26)28-5)6-19(17,27)8-20)15(31-12(4)25)14(30-11(3)24)7-29-10(2)23/h6,14-17,27H,7-8H2,1-5H3,(H,21,22)/t14-,15-,16+,17+,19+/m1/s1. The van der Waals surface area contributed by atoms with Gasteiger partial charge < -0.3 is 34.1 Å². The summed E-state index contributed by atoms with van der Waals surface area (Å²) in [4.78, 5) is 58.8. The van der Waals surface area contributed by atoms with Crippen LogP contribution < -0.4 is 5.32 Å². The summed E-state index contributed by atoms with van der Waals surface area (Å²) in [6.07, 6.45) is -3.56. The van der Waals surface area contributed by atoms with E-state index in [-0.39, 0.29) is 0 Å². The van der Waals surface area contributed by atoms with Crippen LogP contribution in [0.2, 0.25) is 0 Å². The summed E-state index contributed by atoms with van der Waals surface area (Å²) in [5, 5.41) is 13.5. The summed E-state index contributed by atoms with van der Waals surface area (Å²) in [7, 11) is 1.06. The Kier molecular flexibility index (Phi) is 9.91. The van der Waals surface area contributed by atoms with Gasteiger partial charge in [0.15, 0.2) is 18.3 Å². The van der Waals surface area contributed by atoms with Crippen molar-refractivity contribution in [1.82, 2.24) is 5.32 Å². The summed E-state index contributed by atoms with van der Waals surface area (Å²) in [6.45, 7) is 3.80. The Balaban J connectivity index is 3.60. The molecular formula is C19H26ClNO11. The molecule has 0 aliphatic carbocycles. The van der Waals surface area contributed by atoms with Crippen molar-refractivity contribution in [2.45, 2.75) is 57.6 Å². The van der Waals surface area contributed by atoms with Gasteiger partial charge in [0.05, 0.1) is 13.0 Å². The lowest BCUT2D eigenvalue weighted by Crippen LogP contribution is -2.66. The quantitative estimate of drug-likeness (QED) is 0.245. The maximum absolute atomic E-state index is 12.1. The molecule has 5 atom stereocenters. The molecule has 0 fully saturated rings. The number of hydrogen-bond acceptors (Lipinski definition) is 11. The zero-order valence-electron chi connectivity index (χ0n) is 18.2. The van der Waals surface area contributed by atoms with Crippen molar-refractivity contribution in [2.75, 3.05) is 19.6 Å². The maximum atomic E-state index is 12.1. The van der Waals surface area contributed by atoms with E-state index in [1.807, 2.05) is 0 Å². The molecule has 1 heterocycles. The van der Waals surface area contributed by atoms with Crippen LogP contribution in [0.1, 0.15) is 27.7 Å². The van der Waals surface area contributed by atoms with Gasteiger partial charge >= 0.3 is 23.9 Å². The number of ether oxygens (including phenoxy) is 5. The fourth-order valence-electron chi connectivity index (χ4n) is 3.02. The molecule has 0 spiro atoms. The van der Waals surface area contributed by atoms with Crippen LogP contribution >= 0.6 is 11.6 Å². The monoisotopic (exact) mass is 479 g/mol. The average molecular weight is 480 g/mol. The Hall–Kier alpha value is -2.86. The molecule has 0 radical (unpaired) electrons. The van der Waals surface area contributed by atoms with Gasteiger partial charge in [-0.3, -0.25) is 19.2 Å². The number of alkyl halides is 1. The first-order valence-electron chi connectivity index (χ1n) is 9.35. The number of amides is 1. The van der Waals surface area contributed by atoms with Crippen molar-refractivity contribution in [3.8, 4) is 0 Å². The highest BCUT2D eigenvalue weighted by molar-refractivity contribution is 6.18. The van der Waals surface area contributed by atoms with E-state index in [0.29, 0.717) is 0 Å². The summed E-state index contributed by atoms with van der Waals surface area (Å²) >= 11 is 5.94. The number of esters is 4. The molecule has 2 N–H and O–H groups in total. The van der Waals surface area contributed by atoms with Crippen LogP contribution in [0.25, 0.3) is 0 Å². The highest BCUT2D eigenvalue weighted by atomic mass is 35.5. The minimum atomic E-state index is -2.07. The van der Waals surface area contributed by atoms with E-state index in [1.54, 1.807) is 0 Å². The van der Waals surface area contributed by atoms with Gasteiger partial charge in [-0.2, -0.15) is 0 Å². The minimum absolute atomic E-state index is 0.492. The van der Waals surface area contributed by atoms with Gasteiger partial charge in [0.1, 0.15) is 18.2 Å². The molecule has 1 amide bonds. The van der Waals surface area contributed by atoms with Gasteiger partial charge in [-0.15, -0.1) is 11.6 Å². The van der Waals surface area contributed by atoms with E-state index in [4.69, 9.17) is 30.5 Å². The molecule has 1 rings (SSSR count). The van der Waals surface area contributed by atoms with Crippen molar-refractivity contribution in [3.05, 3.63) is 11.8 Å². The van der Waals surface area contributed by atoms with E-state index >= 15 is 0 Å². The molecule has 1 aliphatic rings. The number of nitrogens with one attached hydrogen (secondary N) is 1. The molecule has 0 aromatic heterocycles. The average Bonchev–Trinajstić information content (AvgIpc) is 2.69. The minimum Gasteiger partial charge on any atom is -0.477 e. The molecule has 13 heteroatoms. The SMILES string of the molecule is COC(=O)C1=C[C@](O)(CCl)[C@@H](NC(C)=O)[C@H]([C@H](OC(C)=O)[C@@H](COC(C)=O)OC(C)=O)O1. The van der Waals surface area contributed by atoms with Crippen LogP contribution in [0, 0.1) is 0 Å². The van der Waals surface area contributed by atoms with Gasteiger partial charge in [-0.1, -0.05) is 0 Å². The number of aliphatic hydroxyl groups is 1. The normalized spacial score (nSPS) is 24.0. The first-order chi connectivity index (χ1) is 14.8. The molecule has 0 aromatic rings. The van der Waals surface area contributed by atoms with E-state index < -0.39 is 78.0 Å². The number of methoxy groups -OCH3 is 1. The highest BCUT2D eigenvalue weighted by Gasteiger charge is 2.53. The van der Waals surface area contributed by atoms with Crippen molar-refractivity contribution >= 4 is 41.4 Å². The maximum Gasteiger partial charge on any atom is 0.373 e. The molecule has 0 bridgehead atoms. The molecule has 1 aliphatic heterocycles. The second kappa shape index (κ2) is 11.7. The Morgan fingerprint density at radius 1 is 1.12 bits per heavy atom. The van der Waals surface area contributed by atoms with Gasteiger partial charge in [-0.25, -0.2) is 4.79 Å². The third-order valence-electron chi connectivity index (χ3n) is 4.23. The summed E-state index contributed by atoms with van der Waals surface area (Å²) in [6, 6.07) is -1.38. The van der Waals surface area contributed by atoms with Crippen LogP contribution in [0.4, 0.5) is 0 Å². The second-order valence-electron chi connectivity index (χ2n) is 6.91. The van der Waals surface area contributed by atoms with E-state index in [1.165, 1.54) is 0 Å². The summed E-state index contributed by atoms with van der Waals surface area (Å²) < 4.78 is 25.6. The van der Waals surface area contributed by atoms with E-state index in [2.05, 4.69) is 10.1 Å². The van der Waals surface area contributed by atoms with E-state index in [9.17, 15) is 29.1 Å². The first kappa shape index (κ1) is 27.2. The van der Waals surface area contributed by atoms with Crippen LogP contribution in [0.5, 0.6) is 0 Å². The fourth-order valence-corrected chi connectivity index (χ4v) is 3.26. The van der Waals surface area contributed by atoms with Crippen LogP contribution in [0.15, 0.2) is 11.8 Å². The number of halogens is 1. The van der Waals surface area contributed by atoms with Gasteiger partial charge in [0, 0.05) is 33.8 Å². The molecule has 180 valence electrons. The van der Waals surface area contributed by atoms with Crippen LogP contribution in [-0.2, 0) is 47.7 Å².